The maximum Gasteiger partial charge on any atom is 0.223 e. The van der Waals surface area contributed by atoms with Crippen molar-refractivity contribution in [2.45, 2.75) is 71.4 Å². The van der Waals surface area contributed by atoms with Crippen LogP contribution in [0.3, 0.4) is 0 Å². The monoisotopic (exact) mass is 252 g/mol. The topological polar surface area (TPSA) is 41.1 Å². The van der Waals surface area contributed by atoms with Gasteiger partial charge in [-0.25, -0.2) is 0 Å². The van der Waals surface area contributed by atoms with E-state index in [0.717, 1.165) is 32.2 Å². The molecule has 1 aliphatic carbocycles. The summed E-state index contributed by atoms with van der Waals surface area (Å²) in [6, 6.07) is 0.892. The molecule has 1 amide bonds. The van der Waals surface area contributed by atoms with E-state index in [9.17, 15) is 4.79 Å². The van der Waals surface area contributed by atoms with E-state index in [2.05, 4.69) is 31.4 Å². The van der Waals surface area contributed by atoms with Gasteiger partial charge in [0.05, 0.1) is 0 Å². The molecule has 2 fully saturated rings. The van der Waals surface area contributed by atoms with Crippen molar-refractivity contribution in [3.05, 3.63) is 0 Å². The van der Waals surface area contributed by atoms with Gasteiger partial charge in [-0.1, -0.05) is 20.3 Å². The van der Waals surface area contributed by atoms with Crippen molar-refractivity contribution in [2.24, 2.45) is 11.3 Å². The van der Waals surface area contributed by atoms with Crippen LogP contribution in [0.5, 0.6) is 0 Å². The van der Waals surface area contributed by atoms with Crippen LogP contribution >= 0.6 is 0 Å². The van der Waals surface area contributed by atoms with Crippen molar-refractivity contribution in [1.29, 1.82) is 0 Å². The Morgan fingerprint density at radius 2 is 2.11 bits per heavy atom. The fourth-order valence-corrected chi connectivity index (χ4v) is 3.51. The predicted molar refractivity (Wildman–Crippen MR) is 74.4 cm³/mol. The van der Waals surface area contributed by atoms with E-state index in [-0.39, 0.29) is 5.92 Å². The summed E-state index contributed by atoms with van der Waals surface area (Å²) in [5.41, 5.74) is 0.400. The van der Waals surface area contributed by atoms with Crippen LogP contribution in [0.2, 0.25) is 0 Å². The van der Waals surface area contributed by atoms with Gasteiger partial charge in [0.25, 0.3) is 0 Å². The van der Waals surface area contributed by atoms with E-state index in [0.29, 0.717) is 23.4 Å². The van der Waals surface area contributed by atoms with Crippen LogP contribution in [0.1, 0.15) is 59.3 Å². The highest BCUT2D eigenvalue weighted by Crippen LogP contribution is 2.35. The minimum absolute atomic E-state index is 0.228. The molecule has 0 radical (unpaired) electrons. The average molecular weight is 252 g/mol. The highest BCUT2D eigenvalue weighted by atomic mass is 16.1. The van der Waals surface area contributed by atoms with Crippen molar-refractivity contribution >= 4 is 5.91 Å². The lowest BCUT2D eigenvalue weighted by Crippen LogP contribution is -2.47. The molecule has 0 aromatic carbocycles. The molecule has 0 spiro atoms. The van der Waals surface area contributed by atoms with Gasteiger partial charge >= 0.3 is 0 Å². The normalized spacial score (nSPS) is 36.1. The third-order valence-corrected chi connectivity index (χ3v) is 4.55. The minimum atomic E-state index is 0.228. The zero-order chi connectivity index (χ0) is 13.2. The fraction of sp³-hybridized carbons (Fsp3) is 0.933. The van der Waals surface area contributed by atoms with Gasteiger partial charge < -0.3 is 10.6 Å². The maximum absolute atomic E-state index is 12.3. The van der Waals surface area contributed by atoms with Gasteiger partial charge in [0.1, 0.15) is 0 Å². The molecule has 18 heavy (non-hydrogen) atoms. The number of carbonyl (C=O) groups is 1. The van der Waals surface area contributed by atoms with E-state index >= 15 is 0 Å². The third-order valence-electron chi connectivity index (χ3n) is 4.55. The van der Waals surface area contributed by atoms with Crippen LogP contribution in [-0.2, 0) is 4.79 Å². The molecule has 2 N–H and O–H groups in total. The van der Waals surface area contributed by atoms with Crippen LogP contribution in [0.25, 0.3) is 0 Å². The second-order valence-corrected chi connectivity index (χ2v) is 7.04. The maximum atomic E-state index is 12.3. The Balaban J connectivity index is 1.83. The Morgan fingerprint density at radius 3 is 2.78 bits per heavy atom. The van der Waals surface area contributed by atoms with E-state index < -0.39 is 0 Å². The zero-order valence-corrected chi connectivity index (χ0v) is 12.1. The van der Waals surface area contributed by atoms with Crippen LogP contribution in [0.4, 0.5) is 0 Å². The molecule has 0 aromatic rings. The zero-order valence-electron chi connectivity index (χ0n) is 12.1. The van der Waals surface area contributed by atoms with E-state index in [1.807, 2.05) is 0 Å². The molecule has 104 valence electrons. The molecule has 1 saturated carbocycles. The molecule has 3 unspecified atom stereocenters. The van der Waals surface area contributed by atoms with Gasteiger partial charge in [-0.05, 0) is 51.0 Å². The quantitative estimate of drug-likeness (QED) is 0.792. The van der Waals surface area contributed by atoms with Gasteiger partial charge in [0, 0.05) is 18.0 Å². The molecular weight excluding hydrogens is 224 g/mol. The summed E-state index contributed by atoms with van der Waals surface area (Å²) < 4.78 is 0. The minimum Gasteiger partial charge on any atom is -0.353 e. The molecule has 1 heterocycles. The van der Waals surface area contributed by atoms with Gasteiger partial charge in [-0.15, -0.1) is 0 Å². The summed E-state index contributed by atoms with van der Waals surface area (Å²) >= 11 is 0. The molecule has 2 aliphatic rings. The van der Waals surface area contributed by atoms with Gasteiger partial charge in [-0.3, -0.25) is 4.79 Å². The summed E-state index contributed by atoms with van der Waals surface area (Å²) in [7, 11) is 0. The Labute approximate surface area is 111 Å². The molecule has 0 bridgehead atoms. The molecule has 1 saturated heterocycles. The van der Waals surface area contributed by atoms with Crippen molar-refractivity contribution in [1.82, 2.24) is 10.6 Å². The van der Waals surface area contributed by atoms with Crippen molar-refractivity contribution in [3.8, 4) is 0 Å². The predicted octanol–water partition coefficient (Wildman–Crippen LogP) is 2.46. The highest BCUT2D eigenvalue weighted by Gasteiger charge is 2.31. The first-order chi connectivity index (χ1) is 8.46. The molecule has 3 heteroatoms. The molecular formula is C15H28N2O. The first kappa shape index (κ1) is 13.9. The smallest absolute Gasteiger partial charge is 0.223 e. The summed E-state index contributed by atoms with van der Waals surface area (Å²) in [5.74, 6) is 0.525. The number of piperidine rings is 1. The van der Waals surface area contributed by atoms with Crippen LogP contribution in [0, 0.1) is 11.3 Å². The Morgan fingerprint density at radius 1 is 1.33 bits per heavy atom. The SMILES string of the molecule is CC1CC(C(=O)NC2CCCC(C)(C)C2)CCN1. The standard InChI is InChI=1S/C15H28N2O/c1-11-9-12(6-8-16-11)14(18)17-13-5-4-7-15(2,3)10-13/h11-13,16H,4-10H2,1-3H3,(H,17,18). The van der Waals surface area contributed by atoms with Crippen molar-refractivity contribution in [2.75, 3.05) is 6.54 Å². The summed E-state index contributed by atoms with van der Waals surface area (Å²) in [5, 5.41) is 6.70. The number of carbonyl (C=O) groups excluding carboxylic acids is 1. The number of amides is 1. The Bertz CT molecular complexity index is 301. The number of nitrogens with one attached hydrogen (secondary N) is 2. The third kappa shape index (κ3) is 3.71. The second-order valence-electron chi connectivity index (χ2n) is 7.04. The summed E-state index contributed by atoms with van der Waals surface area (Å²) in [6.07, 6.45) is 6.83. The summed E-state index contributed by atoms with van der Waals surface area (Å²) in [4.78, 5) is 12.3. The molecule has 2 rings (SSSR count). The van der Waals surface area contributed by atoms with Gasteiger partial charge in [0.15, 0.2) is 0 Å². The lowest BCUT2D eigenvalue weighted by Gasteiger charge is -2.36. The molecule has 3 nitrogen and oxygen atoms in total. The summed E-state index contributed by atoms with van der Waals surface area (Å²) in [6.45, 7) is 7.79. The Hall–Kier alpha value is -0.570. The average Bonchev–Trinajstić information content (AvgIpc) is 2.27. The molecule has 0 aromatic heterocycles. The van der Waals surface area contributed by atoms with E-state index in [1.165, 1.54) is 12.8 Å². The number of rotatable bonds is 2. The Kier molecular flexibility index (Phi) is 4.31. The fourth-order valence-electron chi connectivity index (χ4n) is 3.51. The largest absolute Gasteiger partial charge is 0.353 e. The number of hydrogen-bond acceptors (Lipinski definition) is 2. The van der Waals surface area contributed by atoms with Gasteiger partial charge in [-0.2, -0.15) is 0 Å². The lowest BCUT2D eigenvalue weighted by molar-refractivity contribution is -0.127. The highest BCUT2D eigenvalue weighted by molar-refractivity contribution is 5.79. The lowest BCUT2D eigenvalue weighted by atomic mass is 9.75. The number of hydrogen-bond donors (Lipinski definition) is 2. The van der Waals surface area contributed by atoms with Crippen molar-refractivity contribution in [3.63, 3.8) is 0 Å². The first-order valence-corrected chi connectivity index (χ1v) is 7.50. The van der Waals surface area contributed by atoms with Crippen LogP contribution < -0.4 is 10.6 Å². The molecule has 3 atom stereocenters. The second kappa shape index (κ2) is 5.60. The van der Waals surface area contributed by atoms with Crippen LogP contribution in [-0.4, -0.2) is 24.5 Å². The molecule has 1 aliphatic heterocycles. The van der Waals surface area contributed by atoms with E-state index in [1.54, 1.807) is 0 Å². The van der Waals surface area contributed by atoms with Gasteiger partial charge in [0.2, 0.25) is 5.91 Å². The first-order valence-electron chi connectivity index (χ1n) is 7.50. The van der Waals surface area contributed by atoms with Crippen LogP contribution in [0.15, 0.2) is 0 Å². The van der Waals surface area contributed by atoms with Crippen molar-refractivity contribution < 1.29 is 4.79 Å². The van der Waals surface area contributed by atoms with E-state index in [4.69, 9.17) is 0 Å².